The van der Waals surface area contributed by atoms with Crippen molar-refractivity contribution in [2.45, 2.75) is 19.4 Å². The van der Waals surface area contributed by atoms with Crippen LogP contribution in [0.3, 0.4) is 0 Å². The summed E-state index contributed by atoms with van der Waals surface area (Å²) in [6.07, 6.45) is 4.71. The smallest absolute Gasteiger partial charge is 0.319 e. The van der Waals surface area contributed by atoms with Crippen molar-refractivity contribution in [3.63, 3.8) is 0 Å². The molecule has 0 radical (unpaired) electrons. The Balaban J connectivity index is 1.65. The molecule has 7 heteroatoms. The van der Waals surface area contributed by atoms with Crippen LogP contribution >= 0.6 is 11.6 Å². The molecule has 1 aliphatic rings. The number of aromatic nitrogens is 1. The van der Waals surface area contributed by atoms with E-state index in [1.807, 2.05) is 24.3 Å². The lowest BCUT2D eigenvalue weighted by atomic mass is 9.97. The molecule has 1 aromatic carbocycles. The van der Waals surface area contributed by atoms with E-state index in [4.69, 9.17) is 11.6 Å². The molecule has 0 spiro atoms. The topological polar surface area (TPSA) is 65.5 Å². The Morgan fingerprint density at radius 1 is 1.30 bits per heavy atom. The Morgan fingerprint density at radius 3 is 2.85 bits per heavy atom. The number of benzene rings is 1. The van der Waals surface area contributed by atoms with E-state index >= 15 is 0 Å². The van der Waals surface area contributed by atoms with Crippen molar-refractivity contribution >= 4 is 23.5 Å². The fraction of sp³-hybridized carbons (Fsp3) is 0.350. The van der Waals surface area contributed by atoms with Crippen LogP contribution in [0.25, 0.3) is 0 Å². The highest BCUT2D eigenvalue weighted by Gasteiger charge is 2.25. The normalized spacial score (nSPS) is 13.1. The van der Waals surface area contributed by atoms with Crippen LogP contribution in [0.2, 0.25) is 5.02 Å². The number of hydrogen-bond acceptors (Lipinski definition) is 3. The summed E-state index contributed by atoms with van der Waals surface area (Å²) < 4.78 is 0. The number of nitrogens with one attached hydrogen (secondary N) is 1. The molecule has 1 aliphatic heterocycles. The number of fused-ring (bicyclic) bond motifs is 1. The molecule has 0 aliphatic carbocycles. The Labute approximate surface area is 164 Å². The lowest BCUT2D eigenvalue weighted by Crippen LogP contribution is -2.42. The molecular formula is C20H23ClN4O2. The van der Waals surface area contributed by atoms with Gasteiger partial charge in [-0.15, -0.1) is 0 Å². The number of urea groups is 1. The number of halogens is 1. The summed E-state index contributed by atoms with van der Waals surface area (Å²) in [5.41, 5.74) is 3.58. The van der Waals surface area contributed by atoms with E-state index in [9.17, 15) is 9.59 Å². The van der Waals surface area contributed by atoms with Gasteiger partial charge in [-0.25, -0.2) is 4.79 Å². The molecule has 2 heterocycles. The number of hydrogen-bond donors (Lipinski definition) is 1. The number of carbonyl (C=O) groups excluding carboxylic acids is 2. The van der Waals surface area contributed by atoms with Crippen LogP contribution in [-0.2, 0) is 19.4 Å². The predicted molar refractivity (Wildman–Crippen MR) is 105 cm³/mol. The molecule has 6 nitrogen and oxygen atoms in total. The Kier molecular flexibility index (Phi) is 5.96. The van der Waals surface area contributed by atoms with E-state index in [0.717, 1.165) is 16.7 Å². The molecule has 0 atom stereocenters. The van der Waals surface area contributed by atoms with Crippen molar-refractivity contribution in [2.75, 3.05) is 27.2 Å². The fourth-order valence-corrected chi connectivity index (χ4v) is 3.46. The van der Waals surface area contributed by atoms with E-state index in [0.29, 0.717) is 43.1 Å². The van der Waals surface area contributed by atoms with Gasteiger partial charge in [0.25, 0.3) is 5.91 Å². The second-order valence-electron chi connectivity index (χ2n) is 6.81. The molecule has 3 rings (SSSR count). The first kappa shape index (κ1) is 19.2. The van der Waals surface area contributed by atoms with Gasteiger partial charge in [0.1, 0.15) is 0 Å². The molecule has 0 saturated heterocycles. The summed E-state index contributed by atoms with van der Waals surface area (Å²) in [5, 5.41) is 3.65. The van der Waals surface area contributed by atoms with Gasteiger partial charge in [0.15, 0.2) is 0 Å². The summed E-state index contributed by atoms with van der Waals surface area (Å²) in [5.74, 6) is -0.131. The van der Waals surface area contributed by atoms with Crippen molar-refractivity contribution in [2.24, 2.45) is 0 Å². The average molecular weight is 387 g/mol. The molecule has 2 aromatic rings. The summed E-state index contributed by atoms with van der Waals surface area (Å²) in [6, 6.07) is 7.58. The number of nitrogens with zero attached hydrogens (tertiary/aromatic N) is 3. The van der Waals surface area contributed by atoms with Gasteiger partial charge in [-0.05, 0) is 41.7 Å². The number of rotatable bonds is 4. The van der Waals surface area contributed by atoms with E-state index in [1.165, 1.54) is 0 Å². The van der Waals surface area contributed by atoms with Crippen molar-refractivity contribution < 1.29 is 9.59 Å². The number of carbonyl (C=O) groups is 2. The van der Waals surface area contributed by atoms with Crippen LogP contribution in [0.15, 0.2) is 36.7 Å². The van der Waals surface area contributed by atoms with E-state index < -0.39 is 0 Å². The summed E-state index contributed by atoms with van der Waals surface area (Å²) in [7, 11) is 3.47. The predicted octanol–water partition coefficient (Wildman–Crippen LogP) is 2.75. The Bertz CT molecular complexity index is 854. The molecule has 142 valence electrons. The zero-order valence-electron chi connectivity index (χ0n) is 15.5. The van der Waals surface area contributed by atoms with Crippen LogP contribution < -0.4 is 5.32 Å². The van der Waals surface area contributed by atoms with Crippen LogP contribution in [0, 0.1) is 0 Å². The fourth-order valence-electron chi connectivity index (χ4n) is 3.24. The maximum Gasteiger partial charge on any atom is 0.319 e. The first-order chi connectivity index (χ1) is 13.0. The van der Waals surface area contributed by atoms with Crippen molar-refractivity contribution in [1.82, 2.24) is 20.1 Å². The average Bonchev–Trinajstić information content (AvgIpc) is 2.66. The molecule has 1 aromatic heterocycles. The lowest BCUT2D eigenvalue weighted by Gasteiger charge is -2.31. The van der Waals surface area contributed by atoms with Gasteiger partial charge in [0.2, 0.25) is 0 Å². The molecule has 3 amide bonds. The minimum absolute atomic E-state index is 0.0305. The molecule has 1 N–H and O–H groups in total. The van der Waals surface area contributed by atoms with Crippen molar-refractivity contribution in [3.05, 3.63) is 63.9 Å². The lowest BCUT2D eigenvalue weighted by molar-refractivity contribution is 0.0952. The van der Waals surface area contributed by atoms with E-state index in [-0.39, 0.29) is 11.9 Å². The Hall–Kier alpha value is -2.60. The maximum atomic E-state index is 12.6. The van der Waals surface area contributed by atoms with Gasteiger partial charge < -0.3 is 15.1 Å². The largest absolute Gasteiger partial charge is 0.352 e. The maximum absolute atomic E-state index is 12.6. The van der Waals surface area contributed by atoms with Crippen molar-refractivity contribution in [3.8, 4) is 0 Å². The molecule has 0 fully saturated rings. The minimum atomic E-state index is -0.131. The first-order valence-corrected chi connectivity index (χ1v) is 9.28. The quantitative estimate of drug-likeness (QED) is 0.878. The molecule has 27 heavy (non-hydrogen) atoms. The summed E-state index contributed by atoms with van der Waals surface area (Å²) >= 11 is 5.99. The zero-order chi connectivity index (χ0) is 19.4. The highest BCUT2D eigenvalue weighted by Crippen LogP contribution is 2.22. The van der Waals surface area contributed by atoms with Gasteiger partial charge in [-0.3, -0.25) is 9.78 Å². The summed E-state index contributed by atoms with van der Waals surface area (Å²) in [4.78, 5) is 32.3. The SMILES string of the molecule is CN(C)C(=O)N1CCc2c(cncc2C(=O)NCCc2cccc(Cl)c2)C1. The second-order valence-corrected chi connectivity index (χ2v) is 7.25. The third kappa shape index (κ3) is 4.57. The third-order valence-electron chi connectivity index (χ3n) is 4.63. The van der Waals surface area contributed by atoms with E-state index in [1.54, 1.807) is 36.3 Å². The van der Waals surface area contributed by atoms with Crippen LogP contribution in [0.1, 0.15) is 27.0 Å². The minimum Gasteiger partial charge on any atom is -0.352 e. The highest BCUT2D eigenvalue weighted by molar-refractivity contribution is 6.30. The standard InChI is InChI=1S/C20H23ClN4O2/c1-24(2)20(27)25-9-7-17-15(13-25)11-22-12-18(17)19(26)23-8-6-14-4-3-5-16(21)10-14/h3-5,10-12H,6-9,13H2,1-2H3,(H,23,26). The summed E-state index contributed by atoms with van der Waals surface area (Å²) in [6.45, 7) is 1.59. The molecular weight excluding hydrogens is 364 g/mol. The monoisotopic (exact) mass is 386 g/mol. The van der Waals surface area contributed by atoms with Gasteiger partial charge in [-0.1, -0.05) is 23.7 Å². The van der Waals surface area contributed by atoms with Gasteiger partial charge in [-0.2, -0.15) is 0 Å². The molecule has 0 bridgehead atoms. The van der Waals surface area contributed by atoms with E-state index in [2.05, 4.69) is 10.3 Å². The first-order valence-electron chi connectivity index (χ1n) is 8.90. The van der Waals surface area contributed by atoms with Gasteiger partial charge in [0.05, 0.1) is 5.56 Å². The van der Waals surface area contributed by atoms with Crippen molar-refractivity contribution in [1.29, 1.82) is 0 Å². The molecule has 0 unspecified atom stereocenters. The zero-order valence-corrected chi connectivity index (χ0v) is 16.3. The number of amides is 3. The van der Waals surface area contributed by atoms with Crippen LogP contribution in [0.5, 0.6) is 0 Å². The Morgan fingerprint density at radius 2 is 2.11 bits per heavy atom. The molecule has 0 saturated carbocycles. The highest BCUT2D eigenvalue weighted by atomic mass is 35.5. The third-order valence-corrected chi connectivity index (χ3v) is 4.86. The van der Waals surface area contributed by atoms with Gasteiger partial charge >= 0.3 is 6.03 Å². The van der Waals surface area contributed by atoms with Crippen LogP contribution in [-0.4, -0.2) is 53.9 Å². The number of pyridine rings is 1. The van der Waals surface area contributed by atoms with Gasteiger partial charge in [0, 0.05) is 51.1 Å². The van der Waals surface area contributed by atoms with Crippen LogP contribution in [0.4, 0.5) is 4.79 Å². The second kappa shape index (κ2) is 8.39.